The zero-order valence-corrected chi connectivity index (χ0v) is 19.3. The number of anilines is 2. The Kier molecular flexibility index (Phi) is 7.82. The monoisotopic (exact) mass is 443 g/mol. The van der Waals surface area contributed by atoms with Gasteiger partial charge < -0.3 is 24.6 Å². The summed E-state index contributed by atoms with van der Waals surface area (Å²) in [7, 11) is 3.69. The first-order valence-corrected chi connectivity index (χ1v) is 10.8. The zero-order valence-electron chi connectivity index (χ0n) is 18.6. The molecular formula is C24H30ClN3O3. The number of hydrogen-bond acceptors (Lipinski definition) is 5. The van der Waals surface area contributed by atoms with Gasteiger partial charge in [0.05, 0.1) is 18.7 Å². The van der Waals surface area contributed by atoms with E-state index < -0.39 is 0 Å². The van der Waals surface area contributed by atoms with Crippen molar-refractivity contribution in [3.63, 3.8) is 0 Å². The van der Waals surface area contributed by atoms with Gasteiger partial charge in [0.25, 0.3) is 0 Å². The van der Waals surface area contributed by atoms with Gasteiger partial charge in [0.1, 0.15) is 0 Å². The highest BCUT2D eigenvalue weighted by Crippen LogP contribution is 2.36. The molecule has 31 heavy (non-hydrogen) atoms. The lowest BCUT2D eigenvalue weighted by Crippen LogP contribution is -2.44. The summed E-state index contributed by atoms with van der Waals surface area (Å²) in [6.07, 6.45) is 3.19. The van der Waals surface area contributed by atoms with Crippen LogP contribution in [0.1, 0.15) is 18.1 Å². The van der Waals surface area contributed by atoms with E-state index in [0.717, 1.165) is 43.0 Å². The average molecular weight is 444 g/mol. The van der Waals surface area contributed by atoms with Crippen molar-refractivity contribution in [3.8, 4) is 11.5 Å². The highest BCUT2D eigenvalue weighted by atomic mass is 35.5. The fourth-order valence-electron chi connectivity index (χ4n) is 3.64. The maximum absolute atomic E-state index is 12.4. The van der Waals surface area contributed by atoms with Crippen molar-refractivity contribution in [1.29, 1.82) is 0 Å². The molecule has 166 valence electrons. The van der Waals surface area contributed by atoms with Crippen LogP contribution in [-0.2, 0) is 4.79 Å². The van der Waals surface area contributed by atoms with Crippen LogP contribution in [0, 0.1) is 6.92 Å². The maximum atomic E-state index is 12.4. The molecule has 1 heterocycles. The van der Waals surface area contributed by atoms with Gasteiger partial charge >= 0.3 is 0 Å². The summed E-state index contributed by atoms with van der Waals surface area (Å²) in [6.45, 7) is 8.60. The summed E-state index contributed by atoms with van der Waals surface area (Å²) in [5.41, 5.74) is 3.89. The van der Waals surface area contributed by atoms with Crippen molar-refractivity contribution in [2.45, 2.75) is 13.8 Å². The minimum atomic E-state index is -0.211. The Hall–Kier alpha value is -2.70. The summed E-state index contributed by atoms with van der Waals surface area (Å²) in [5.74, 6) is 0.824. The normalized spacial score (nSPS) is 14.7. The second-order valence-corrected chi connectivity index (χ2v) is 7.99. The SMILES string of the molecule is CCOc1cc(/C=C/C(=O)Nc2ccc(N3CCN(C)CC3)c(C)c2)cc(Cl)c1OC. The van der Waals surface area contributed by atoms with Crippen molar-refractivity contribution in [2.75, 3.05) is 57.2 Å². The molecule has 0 saturated carbocycles. The molecule has 0 unspecified atom stereocenters. The first-order chi connectivity index (χ1) is 14.9. The van der Waals surface area contributed by atoms with Gasteiger partial charge in [0, 0.05) is 43.6 Å². The van der Waals surface area contributed by atoms with E-state index in [1.807, 2.05) is 19.1 Å². The fourth-order valence-corrected chi connectivity index (χ4v) is 3.93. The van der Waals surface area contributed by atoms with Crippen molar-refractivity contribution in [3.05, 3.63) is 52.6 Å². The second-order valence-electron chi connectivity index (χ2n) is 7.58. The van der Waals surface area contributed by atoms with Crippen LogP contribution < -0.4 is 19.7 Å². The lowest BCUT2D eigenvalue weighted by Gasteiger charge is -2.35. The van der Waals surface area contributed by atoms with Gasteiger partial charge in [0.2, 0.25) is 5.91 Å². The Labute approximate surface area is 189 Å². The standard InChI is InChI=1S/C24H30ClN3O3/c1-5-31-22-16-18(15-20(25)24(22)30-4)6-9-23(29)26-19-7-8-21(17(2)14-19)28-12-10-27(3)11-13-28/h6-9,14-16H,5,10-13H2,1-4H3,(H,26,29)/b9-6+. The lowest BCUT2D eigenvalue weighted by atomic mass is 10.1. The number of benzene rings is 2. The summed E-state index contributed by atoms with van der Waals surface area (Å²) in [6, 6.07) is 9.58. The van der Waals surface area contributed by atoms with Gasteiger partial charge in [-0.3, -0.25) is 4.79 Å². The summed E-state index contributed by atoms with van der Waals surface area (Å²) in [4.78, 5) is 17.2. The average Bonchev–Trinajstić information content (AvgIpc) is 2.73. The van der Waals surface area contributed by atoms with Crippen LogP contribution in [0.2, 0.25) is 5.02 Å². The van der Waals surface area contributed by atoms with Crippen molar-refractivity contribution < 1.29 is 14.3 Å². The van der Waals surface area contributed by atoms with Crippen LogP contribution in [0.5, 0.6) is 11.5 Å². The maximum Gasteiger partial charge on any atom is 0.248 e. The van der Waals surface area contributed by atoms with Gasteiger partial charge in [-0.2, -0.15) is 0 Å². The van der Waals surface area contributed by atoms with Gasteiger partial charge in [-0.25, -0.2) is 0 Å². The molecule has 1 N–H and O–H groups in total. The van der Waals surface area contributed by atoms with E-state index >= 15 is 0 Å². The van der Waals surface area contributed by atoms with E-state index in [-0.39, 0.29) is 5.91 Å². The predicted molar refractivity (Wildman–Crippen MR) is 128 cm³/mol. The largest absolute Gasteiger partial charge is 0.491 e. The van der Waals surface area contributed by atoms with E-state index in [2.05, 4.69) is 35.2 Å². The first kappa shape index (κ1) is 23.0. The zero-order chi connectivity index (χ0) is 22.4. The van der Waals surface area contributed by atoms with Crippen LogP contribution in [0.15, 0.2) is 36.4 Å². The molecule has 0 radical (unpaired) electrons. The second kappa shape index (κ2) is 10.6. The highest BCUT2D eigenvalue weighted by molar-refractivity contribution is 6.32. The minimum absolute atomic E-state index is 0.211. The molecule has 0 aromatic heterocycles. The number of nitrogens with one attached hydrogen (secondary N) is 1. The van der Waals surface area contributed by atoms with Gasteiger partial charge in [-0.05, 0) is 68.4 Å². The number of rotatable bonds is 7. The van der Waals surface area contributed by atoms with Crippen LogP contribution in [-0.4, -0.2) is 57.8 Å². The number of halogens is 1. The summed E-state index contributed by atoms with van der Waals surface area (Å²) >= 11 is 6.27. The van der Waals surface area contributed by atoms with Gasteiger partial charge in [-0.1, -0.05) is 11.6 Å². The number of likely N-dealkylation sites (N-methyl/N-ethyl adjacent to an activating group) is 1. The van der Waals surface area contributed by atoms with E-state index in [9.17, 15) is 4.79 Å². The molecule has 1 aliphatic rings. The molecule has 0 bridgehead atoms. The summed E-state index contributed by atoms with van der Waals surface area (Å²) < 4.78 is 10.9. The van der Waals surface area contributed by atoms with E-state index in [1.165, 1.54) is 11.8 Å². The number of methoxy groups -OCH3 is 1. The molecule has 3 rings (SSSR count). The Bertz CT molecular complexity index is 953. The third-order valence-electron chi connectivity index (χ3n) is 5.27. The van der Waals surface area contributed by atoms with Crippen LogP contribution in [0.3, 0.4) is 0 Å². The van der Waals surface area contributed by atoms with E-state index in [4.69, 9.17) is 21.1 Å². The Morgan fingerprint density at radius 3 is 2.58 bits per heavy atom. The number of hydrogen-bond donors (Lipinski definition) is 1. The van der Waals surface area contributed by atoms with Gasteiger partial charge in [0.15, 0.2) is 11.5 Å². The van der Waals surface area contributed by atoms with Crippen molar-refractivity contribution in [2.24, 2.45) is 0 Å². The predicted octanol–water partition coefficient (Wildman–Crippen LogP) is 4.46. The van der Waals surface area contributed by atoms with E-state index in [1.54, 1.807) is 25.3 Å². The van der Waals surface area contributed by atoms with Crippen molar-refractivity contribution >= 4 is 35.0 Å². The molecule has 0 aliphatic carbocycles. The minimum Gasteiger partial charge on any atom is -0.491 e. The smallest absolute Gasteiger partial charge is 0.248 e. The number of carbonyl (C=O) groups is 1. The van der Waals surface area contributed by atoms with Crippen molar-refractivity contribution in [1.82, 2.24) is 4.90 Å². The molecule has 2 aromatic rings. The molecule has 0 atom stereocenters. The third-order valence-corrected chi connectivity index (χ3v) is 5.55. The number of nitrogens with zero attached hydrogens (tertiary/aromatic N) is 2. The molecule has 2 aromatic carbocycles. The number of ether oxygens (including phenoxy) is 2. The number of amides is 1. The molecule has 1 saturated heterocycles. The third kappa shape index (κ3) is 5.93. The summed E-state index contributed by atoms with van der Waals surface area (Å²) in [5, 5.41) is 3.36. The topological polar surface area (TPSA) is 54.0 Å². The Balaban J connectivity index is 1.67. The molecule has 1 fully saturated rings. The van der Waals surface area contributed by atoms with E-state index in [0.29, 0.717) is 23.1 Å². The number of aryl methyl sites for hydroxylation is 1. The van der Waals surface area contributed by atoms with Crippen LogP contribution in [0.25, 0.3) is 6.08 Å². The van der Waals surface area contributed by atoms with Crippen LogP contribution in [0.4, 0.5) is 11.4 Å². The first-order valence-electron chi connectivity index (χ1n) is 10.4. The highest BCUT2D eigenvalue weighted by Gasteiger charge is 2.16. The number of carbonyl (C=O) groups excluding carboxylic acids is 1. The lowest BCUT2D eigenvalue weighted by molar-refractivity contribution is -0.111. The number of piperazine rings is 1. The molecule has 7 heteroatoms. The molecule has 6 nitrogen and oxygen atoms in total. The molecule has 1 amide bonds. The molecule has 1 aliphatic heterocycles. The Morgan fingerprint density at radius 1 is 1.19 bits per heavy atom. The fraction of sp³-hybridized carbons (Fsp3) is 0.375. The molecule has 0 spiro atoms. The quantitative estimate of drug-likeness (QED) is 0.640. The van der Waals surface area contributed by atoms with Crippen LogP contribution >= 0.6 is 11.6 Å². The Morgan fingerprint density at radius 2 is 1.94 bits per heavy atom. The van der Waals surface area contributed by atoms with Gasteiger partial charge in [-0.15, -0.1) is 0 Å². The molecular weight excluding hydrogens is 414 g/mol.